The number of aromatic carboxylic acids is 1. The summed E-state index contributed by atoms with van der Waals surface area (Å²) < 4.78 is 13.8. The van der Waals surface area contributed by atoms with E-state index in [4.69, 9.17) is 0 Å². The van der Waals surface area contributed by atoms with Crippen molar-refractivity contribution in [2.45, 2.75) is 12.8 Å². The third-order valence-electron chi connectivity index (χ3n) is 3.83. The van der Waals surface area contributed by atoms with E-state index >= 15 is 0 Å². The van der Waals surface area contributed by atoms with E-state index in [2.05, 4.69) is 26.2 Å². The largest absolute Gasteiger partial charge is 0.478 e. The van der Waals surface area contributed by atoms with Crippen LogP contribution in [-0.2, 0) is 11.2 Å². The van der Waals surface area contributed by atoms with Crippen LogP contribution < -0.4 is 5.32 Å². The summed E-state index contributed by atoms with van der Waals surface area (Å²) in [6.07, 6.45) is 2.05. The van der Waals surface area contributed by atoms with Crippen LogP contribution in [0.1, 0.15) is 22.3 Å². The van der Waals surface area contributed by atoms with Crippen molar-refractivity contribution >= 4 is 44.1 Å². The zero-order chi connectivity index (χ0) is 19.4. The standard InChI is InChI=1S/C19H14BrFN2O3S/c20-15-6-5-12(9-22-15)14-10-27-18(17(14)19(25)26)23-16(24)7-4-11-2-1-3-13(21)8-11/h1-3,5-6,8-10H,4,7H2,(H,23,24)(H,25,26). The second-order valence-corrected chi connectivity index (χ2v) is 7.40. The predicted molar refractivity (Wildman–Crippen MR) is 106 cm³/mol. The molecule has 2 N–H and O–H groups in total. The topological polar surface area (TPSA) is 79.3 Å². The van der Waals surface area contributed by atoms with Crippen LogP contribution in [0.3, 0.4) is 0 Å². The molecule has 2 heterocycles. The number of benzene rings is 1. The minimum atomic E-state index is -1.13. The predicted octanol–water partition coefficient (Wildman–Crippen LogP) is 4.98. The number of aryl methyl sites for hydroxylation is 1. The zero-order valence-corrected chi connectivity index (χ0v) is 16.3. The molecule has 0 aliphatic carbocycles. The number of anilines is 1. The van der Waals surface area contributed by atoms with Crippen LogP contribution in [0.4, 0.5) is 9.39 Å². The average Bonchev–Trinajstić information content (AvgIpc) is 3.04. The number of hydrogen-bond donors (Lipinski definition) is 2. The highest BCUT2D eigenvalue weighted by molar-refractivity contribution is 9.10. The number of carboxylic acid groups (broad SMARTS) is 1. The lowest BCUT2D eigenvalue weighted by Gasteiger charge is -2.06. The number of pyridine rings is 1. The van der Waals surface area contributed by atoms with Crippen molar-refractivity contribution in [3.63, 3.8) is 0 Å². The average molecular weight is 449 g/mol. The van der Waals surface area contributed by atoms with Gasteiger partial charge in [0.2, 0.25) is 5.91 Å². The number of carboxylic acids is 1. The number of nitrogens with zero attached hydrogens (tertiary/aromatic N) is 1. The second kappa shape index (κ2) is 8.41. The molecule has 3 aromatic rings. The van der Waals surface area contributed by atoms with Gasteiger partial charge in [-0.25, -0.2) is 14.2 Å². The maximum Gasteiger partial charge on any atom is 0.339 e. The van der Waals surface area contributed by atoms with Crippen LogP contribution >= 0.6 is 27.3 Å². The van der Waals surface area contributed by atoms with E-state index in [9.17, 15) is 19.1 Å². The molecule has 0 radical (unpaired) electrons. The first-order chi connectivity index (χ1) is 12.9. The summed E-state index contributed by atoms with van der Waals surface area (Å²) in [4.78, 5) is 28.1. The lowest BCUT2D eigenvalue weighted by Crippen LogP contribution is -2.14. The molecular formula is C19H14BrFN2O3S. The van der Waals surface area contributed by atoms with Gasteiger partial charge in [0.1, 0.15) is 21.0 Å². The molecule has 0 bridgehead atoms. The molecule has 2 aromatic heterocycles. The van der Waals surface area contributed by atoms with Crippen LogP contribution in [0.2, 0.25) is 0 Å². The van der Waals surface area contributed by atoms with E-state index in [1.807, 2.05) is 0 Å². The molecule has 0 fully saturated rings. The number of carbonyl (C=O) groups is 2. The van der Waals surface area contributed by atoms with Gasteiger partial charge in [0.15, 0.2) is 0 Å². The van der Waals surface area contributed by atoms with E-state index in [0.717, 1.165) is 11.3 Å². The van der Waals surface area contributed by atoms with E-state index in [1.54, 1.807) is 35.8 Å². The Morgan fingerprint density at radius 3 is 2.74 bits per heavy atom. The van der Waals surface area contributed by atoms with Gasteiger partial charge in [-0.3, -0.25) is 4.79 Å². The SMILES string of the molecule is O=C(CCc1cccc(F)c1)Nc1scc(-c2ccc(Br)nc2)c1C(=O)O. The number of halogens is 2. The molecule has 3 rings (SSSR count). The molecule has 0 spiro atoms. The van der Waals surface area contributed by atoms with Gasteiger partial charge in [-0.15, -0.1) is 11.3 Å². The summed E-state index contributed by atoms with van der Waals surface area (Å²) in [6, 6.07) is 9.51. The van der Waals surface area contributed by atoms with Crippen molar-refractivity contribution in [3.05, 3.63) is 69.5 Å². The highest BCUT2D eigenvalue weighted by atomic mass is 79.9. The Balaban J connectivity index is 1.75. The molecule has 27 heavy (non-hydrogen) atoms. The first-order valence-corrected chi connectivity index (χ1v) is 9.62. The van der Waals surface area contributed by atoms with Crippen molar-refractivity contribution < 1.29 is 19.1 Å². The highest BCUT2D eigenvalue weighted by Crippen LogP contribution is 2.35. The third kappa shape index (κ3) is 4.78. The van der Waals surface area contributed by atoms with E-state index in [-0.39, 0.29) is 28.7 Å². The fourth-order valence-electron chi connectivity index (χ4n) is 2.55. The third-order valence-corrected chi connectivity index (χ3v) is 5.19. The monoisotopic (exact) mass is 448 g/mol. The Morgan fingerprint density at radius 1 is 1.26 bits per heavy atom. The van der Waals surface area contributed by atoms with Crippen molar-refractivity contribution in [2.24, 2.45) is 0 Å². The number of nitrogens with one attached hydrogen (secondary N) is 1. The van der Waals surface area contributed by atoms with Gasteiger partial charge >= 0.3 is 5.97 Å². The van der Waals surface area contributed by atoms with Crippen LogP contribution in [-0.4, -0.2) is 22.0 Å². The number of hydrogen-bond acceptors (Lipinski definition) is 4. The van der Waals surface area contributed by atoms with Crippen molar-refractivity contribution in [1.29, 1.82) is 0 Å². The van der Waals surface area contributed by atoms with Crippen LogP contribution in [0.15, 0.2) is 52.6 Å². The van der Waals surface area contributed by atoms with Crippen LogP contribution in [0.25, 0.3) is 11.1 Å². The molecule has 0 saturated carbocycles. The van der Waals surface area contributed by atoms with Gasteiger partial charge in [-0.2, -0.15) is 0 Å². The van der Waals surface area contributed by atoms with E-state index < -0.39 is 5.97 Å². The normalized spacial score (nSPS) is 10.6. The first kappa shape index (κ1) is 19.2. The quantitative estimate of drug-likeness (QED) is 0.521. The molecule has 5 nitrogen and oxygen atoms in total. The lowest BCUT2D eigenvalue weighted by molar-refractivity contribution is -0.116. The molecular weight excluding hydrogens is 435 g/mol. The number of rotatable bonds is 6. The minimum Gasteiger partial charge on any atom is -0.478 e. The van der Waals surface area contributed by atoms with E-state index in [0.29, 0.717) is 27.7 Å². The van der Waals surface area contributed by atoms with Gasteiger partial charge < -0.3 is 10.4 Å². The van der Waals surface area contributed by atoms with Crippen LogP contribution in [0, 0.1) is 5.82 Å². The zero-order valence-electron chi connectivity index (χ0n) is 13.9. The van der Waals surface area contributed by atoms with Crippen molar-refractivity contribution in [2.75, 3.05) is 5.32 Å². The number of carbonyl (C=O) groups excluding carboxylic acids is 1. The highest BCUT2D eigenvalue weighted by Gasteiger charge is 2.21. The molecule has 138 valence electrons. The molecule has 0 saturated heterocycles. The van der Waals surface area contributed by atoms with Gasteiger partial charge in [0, 0.05) is 29.1 Å². The molecule has 0 atom stereocenters. The lowest BCUT2D eigenvalue weighted by atomic mass is 10.1. The maximum atomic E-state index is 13.2. The Morgan fingerprint density at radius 2 is 2.07 bits per heavy atom. The molecule has 1 aromatic carbocycles. The summed E-state index contributed by atoms with van der Waals surface area (Å²) in [5.74, 6) is -1.81. The Labute approximate surface area is 167 Å². The Hall–Kier alpha value is -2.58. The minimum absolute atomic E-state index is 0.0308. The molecule has 0 aliphatic rings. The fourth-order valence-corrected chi connectivity index (χ4v) is 3.76. The summed E-state index contributed by atoms with van der Waals surface area (Å²) in [5.41, 5.74) is 1.87. The summed E-state index contributed by atoms with van der Waals surface area (Å²) in [7, 11) is 0. The molecule has 1 amide bonds. The number of aromatic nitrogens is 1. The number of thiophene rings is 1. The van der Waals surface area contributed by atoms with Crippen LogP contribution in [0.5, 0.6) is 0 Å². The first-order valence-electron chi connectivity index (χ1n) is 7.95. The van der Waals surface area contributed by atoms with Gasteiger partial charge in [0.05, 0.1) is 0 Å². The van der Waals surface area contributed by atoms with Gasteiger partial charge in [-0.1, -0.05) is 18.2 Å². The molecule has 8 heteroatoms. The fraction of sp³-hybridized carbons (Fsp3) is 0.105. The van der Waals surface area contributed by atoms with Crippen molar-refractivity contribution in [3.8, 4) is 11.1 Å². The Bertz CT molecular complexity index is 989. The van der Waals surface area contributed by atoms with Gasteiger partial charge in [-0.05, 0) is 46.1 Å². The summed E-state index contributed by atoms with van der Waals surface area (Å²) >= 11 is 4.38. The van der Waals surface area contributed by atoms with Gasteiger partial charge in [0.25, 0.3) is 0 Å². The maximum absolute atomic E-state index is 13.2. The Kier molecular flexibility index (Phi) is 5.98. The molecule has 0 aliphatic heterocycles. The second-order valence-electron chi connectivity index (χ2n) is 5.71. The smallest absolute Gasteiger partial charge is 0.339 e. The summed E-state index contributed by atoms with van der Waals surface area (Å²) in [5, 5.41) is 14.2. The number of amides is 1. The molecule has 0 unspecified atom stereocenters. The van der Waals surface area contributed by atoms with Crippen molar-refractivity contribution in [1.82, 2.24) is 4.98 Å². The summed E-state index contributed by atoms with van der Waals surface area (Å²) in [6.45, 7) is 0. The van der Waals surface area contributed by atoms with E-state index in [1.165, 1.54) is 12.1 Å².